The van der Waals surface area contributed by atoms with E-state index in [9.17, 15) is 9.59 Å². The second-order valence-electron chi connectivity index (χ2n) is 6.13. The van der Waals surface area contributed by atoms with E-state index >= 15 is 0 Å². The van der Waals surface area contributed by atoms with Gasteiger partial charge in [0, 0.05) is 37.9 Å². The maximum Gasteiger partial charge on any atom is 0.251 e. The summed E-state index contributed by atoms with van der Waals surface area (Å²) < 4.78 is 5.09. The van der Waals surface area contributed by atoms with Crippen LogP contribution in [0.1, 0.15) is 34.3 Å². The fraction of sp³-hybridized carbons (Fsp3) is 0.300. The SMILES string of the molecule is COCc1cccc(C(=O)NCc2ccc(N3CCCC3=O)cc2)c1. The average molecular weight is 338 g/mol. The molecule has 0 atom stereocenters. The van der Waals surface area contributed by atoms with Crippen LogP contribution in [-0.2, 0) is 22.7 Å². The summed E-state index contributed by atoms with van der Waals surface area (Å²) in [5, 5.41) is 2.92. The second kappa shape index (κ2) is 7.94. The van der Waals surface area contributed by atoms with Crippen molar-refractivity contribution in [1.82, 2.24) is 5.32 Å². The number of ether oxygens (including phenoxy) is 1. The number of nitrogens with zero attached hydrogens (tertiary/aromatic N) is 1. The highest BCUT2D eigenvalue weighted by Gasteiger charge is 2.21. The topological polar surface area (TPSA) is 58.6 Å². The zero-order valence-electron chi connectivity index (χ0n) is 14.3. The molecule has 0 aliphatic carbocycles. The van der Waals surface area contributed by atoms with E-state index in [2.05, 4.69) is 5.32 Å². The van der Waals surface area contributed by atoms with Crippen LogP contribution in [0.4, 0.5) is 5.69 Å². The third-order valence-electron chi connectivity index (χ3n) is 4.27. The number of rotatable bonds is 6. The first kappa shape index (κ1) is 17.2. The fourth-order valence-electron chi connectivity index (χ4n) is 2.97. The molecule has 2 aromatic rings. The average Bonchev–Trinajstić information content (AvgIpc) is 3.07. The summed E-state index contributed by atoms with van der Waals surface area (Å²) in [5.74, 6) is 0.0637. The minimum atomic E-state index is -0.114. The Bertz CT molecular complexity index is 756. The number of amides is 2. The Hall–Kier alpha value is -2.66. The molecule has 5 heteroatoms. The van der Waals surface area contributed by atoms with Crippen LogP contribution in [0.15, 0.2) is 48.5 Å². The molecule has 130 valence electrons. The number of anilines is 1. The Balaban J connectivity index is 1.58. The van der Waals surface area contributed by atoms with Gasteiger partial charge in [-0.3, -0.25) is 9.59 Å². The predicted molar refractivity (Wildman–Crippen MR) is 96.4 cm³/mol. The van der Waals surface area contributed by atoms with E-state index in [0.29, 0.717) is 25.1 Å². The van der Waals surface area contributed by atoms with E-state index in [4.69, 9.17) is 4.74 Å². The van der Waals surface area contributed by atoms with Crippen LogP contribution < -0.4 is 10.2 Å². The molecule has 1 heterocycles. The zero-order chi connectivity index (χ0) is 17.6. The van der Waals surface area contributed by atoms with Crippen LogP contribution >= 0.6 is 0 Å². The summed E-state index contributed by atoms with van der Waals surface area (Å²) in [4.78, 5) is 25.9. The second-order valence-corrected chi connectivity index (χ2v) is 6.13. The molecular weight excluding hydrogens is 316 g/mol. The molecule has 3 rings (SSSR count). The van der Waals surface area contributed by atoms with Gasteiger partial charge in [0.2, 0.25) is 5.91 Å². The number of methoxy groups -OCH3 is 1. The Labute approximate surface area is 147 Å². The van der Waals surface area contributed by atoms with Crippen molar-refractivity contribution in [3.8, 4) is 0 Å². The lowest BCUT2D eigenvalue weighted by molar-refractivity contribution is -0.117. The lowest BCUT2D eigenvalue weighted by Crippen LogP contribution is -2.24. The Morgan fingerprint density at radius 1 is 1.16 bits per heavy atom. The number of hydrogen-bond acceptors (Lipinski definition) is 3. The van der Waals surface area contributed by atoms with Crippen LogP contribution in [0.2, 0.25) is 0 Å². The monoisotopic (exact) mass is 338 g/mol. The minimum absolute atomic E-state index is 0.114. The lowest BCUT2D eigenvalue weighted by Gasteiger charge is -2.16. The fourth-order valence-corrected chi connectivity index (χ4v) is 2.97. The van der Waals surface area contributed by atoms with Gasteiger partial charge in [0.05, 0.1) is 6.61 Å². The van der Waals surface area contributed by atoms with Crippen molar-refractivity contribution in [2.24, 2.45) is 0 Å². The quantitative estimate of drug-likeness (QED) is 0.881. The standard InChI is InChI=1S/C20H22N2O3/c1-25-14-16-4-2-5-17(12-16)20(24)21-13-15-7-9-18(10-8-15)22-11-3-6-19(22)23/h2,4-5,7-10,12H,3,6,11,13-14H2,1H3,(H,21,24). The smallest absolute Gasteiger partial charge is 0.251 e. The molecule has 0 saturated carbocycles. The Kier molecular flexibility index (Phi) is 5.46. The van der Waals surface area contributed by atoms with Gasteiger partial charge in [-0.1, -0.05) is 24.3 Å². The Morgan fingerprint density at radius 3 is 2.64 bits per heavy atom. The molecule has 25 heavy (non-hydrogen) atoms. The zero-order valence-corrected chi connectivity index (χ0v) is 14.3. The summed E-state index contributed by atoms with van der Waals surface area (Å²) in [6, 6.07) is 15.2. The highest BCUT2D eigenvalue weighted by Crippen LogP contribution is 2.21. The summed E-state index contributed by atoms with van der Waals surface area (Å²) in [6.07, 6.45) is 1.54. The molecule has 1 fully saturated rings. The number of benzene rings is 2. The van der Waals surface area contributed by atoms with Crippen molar-refractivity contribution in [3.05, 3.63) is 65.2 Å². The molecule has 2 amide bonds. The van der Waals surface area contributed by atoms with Gasteiger partial charge in [-0.15, -0.1) is 0 Å². The summed E-state index contributed by atoms with van der Waals surface area (Å²) in [6.45, 7) is 1.71. The van der Waals surface area contributed by atoms with Gasteiger partial charge < -0.3 is 15.0 Å². The normalized spacial score (nSPS) is 14.0. The van der Waals surface area contributed by atoms with Crippen molar-refractivity contribution >= 4 is 17.5 Å². The molecule has 1 N–H and O–H groups in total. The third-order valence-corrected chi connectivity index (χ3v) is 4.27. The van der Waals surface area contributed by atoms with Gasteiger partial charge in [-0.25, -0.2) is 0 Å². The minimum Gasteiger partial charge on any atom is -0.380 e. The van der Waals surface area contributed by atoms with Gasteiger partial charge in [-0.05, 0) is 41.8 Å². The molecular formula is C20H22N2O3. The van der Waals surface area contributed by atoms with E-state index in [0.717, 1.165) is 29.8 Å². The maximum atomic E-state index is 12.3. The van der Waals surface area contributed by atoms with Crippen molar-refractivity contribution < 1.29 is 14.3 Å². The van der Waals surface area contributed by atoms with Gasteiger partial charge >= 0.3 is 0 Å². The van der Waals surface area contributed by atoms with Crippen molar-refractivity contribution in [1.29, 1.82) is 0 Å². The first-order valence-electron chi connectivity index (χ1n) is 8.43. The van der Waals surface area contributed by atoms with E-state index in [1.54, 1.807) is 13.2 Å². The molecule has 5 nitrogen and oxygen atoms in total. The van der Waals surface area contributed by atoms with Gasteiger partial charge in [-0.2, -0.15) is 0 Å². The highest BCUT2D eigenvalue weighted by molar-refractivity contribution is 5.95. The molecule has 0 aromatic heterocycles. The molecule has 0 radical (unpaired) electrons. The number of hydrogen-bond donors (Lipinski definition) is 1. The first-order valence-corrected chi connectivity index (χ1v) is 8.43. The highest BCUT2D eigenvalue weighted by atomic mass is 16.5. The molecule has 0 unspecified atom stereocenters. The van der Waals surface area contributed by atoms with Crippen LogP contribution in [0.3, 0.4) is 0 Å². The summed E-state index contributed by atoms with van der Waals surface area (Å²) in [7, 11) is 1.63. The summed E-state index contributed by atoms with van der Waals surface area (Å²) in [5.41, 5.74) is 3.50. The van der Waals surface area contributed by atoms with Gasteiger partial charge in [0.15, 0.2) is 0 Å². The maximum absolute atomic E-state index is 12.3. The van der Waals surface area contributed by atoms with Crippen LogP contribution in [0, 0.1) is 0 Å². The first-order chi connectivity index (χ1) is 12.2. The van der Waals surface area contributed by atoms with E-state index < -0.39 is 0 Å². The molecule has 1 aliphatic rings. The number of carbonyl (C=O) groups excluding carboxylic acids is 2. The van der Waals surface area contributed by atoms with Gasteiger partial charge in [0.25, 0.3) is 5.91 Å². The number of nitrogens with one attached hydrogen (secondary N) is 1. The largest absolute Gasteiger partial charge is 0.380 e. The lowest BCUT2D eigenvalue weighted by atomic mass is 10.1. The van der Waals surface area contributed by atoms with Crippen LogP contribution in [0.5, 0.6) is 0 Å². The molecule has 1 aliphatic heterocycles. The van der Waals surface area contributed by atoms with Crippen molar-refractivity contribution in [3.63, 3.8) is 0 Å². The van der Waals surface area contributed by atoms with E-state index in [1.165, 1.54) is 0 Å². The van der Waals surface area contributed by atoms with E-state index in [1.807, 2.05) is 47.4 Å². The van der Waals surface area contributed by atoms with Crippen molar-refractivity contribution in [2.45, 2.75) is 26.0 Å². The molecule has 0 spiro atoms. The van der Waals surface area contributed by atoms with Crippen LogP contribution in [-0.4, -0.2) is 25.5 Å². The third kappa shape index (κ3) is 4.25. The molecule has 0 bridgehead atoms. The Morgan fingerprint density at radius 2 is 1.96 bits per heavy atom. The van der Waals surface area contributed by atoms with Gasteiger partial charge in [0.1, 0.15) is 0 Å². The van der Waals surface area contributed by atoms with Crippen LogP contribution in [0.25, 0.3) is 0 Å². The summed E-state index contributed by atoms with van der Waals surface area (Å²) >= 11 is 0. The van der Waals surface area contributed by atoms with E-state index in [-0.39, 0.29) is 11.8 Å². The predicted octanol–water partition coefficient (Wildman–Crippen LogP) is 2.89. The van der Waals surface area contributed by atoms with Crippen molar-refractivity contribution in [2.75, 3.05) is 18.6 Å². The molecule has 2 aromatic carbocycles. The number of carbonyl (C=O) groups is 2. The molecule has 1 saturated heterocycles.